The van der Waals surface area contributed by atoms with Crippen LogP contribution >= 0.6 is 0 Å². The second kappa shape index (κ2) is 3.77. The number of aromatic nitrogens is 1. The SMILES string of the molecule is Cc1c[nH]c2cc(CCC(=O)O)ccc12. The molecule has 3 nitrogen and oxygen atoms in total. The summed E-state index contributed by atoms with van der Waals surface area (Å²) < 4.78 is 0. The third kappa shape index (κ3) is 2.01. The van der Waals surface area contributed by atoms with Gasteiger partial charge in [-0.15, -0.1) is 0 Å². The van der Waals surface area contributed by atoms with Gasteiger partial charge in [0.1, 0.15) is 0 Å². The molecule has 0 fully saturated rings. The van der Waals surface area contributed by atoms with Gasteiger partial charge in [0.25, 0.3) is 0 Å². The van der Waals surface area contributed by atoms with Crippen LogP contribution in [0.3, 0.4) is 0 Å². The lowest BCUT2D eigenvalue weighted by Gasteiger charge is -1.99. The summed E-state index contributed by atoms with van der Waals surface area (Å²) in [6.45, 7) is 2.05. The number of carbonyl (C=O) groups is 1. The van der Waals surface area contributed by atoms with Crippen molar-refractivity contribution in [3.63, 3.8) is 0 Å². The predicted octanol–water partition coefficient (Wildman–Crippen LogP) is 2.49. The minimum absolute atomic E-state index is 0.186. The third-order valence-electron chi connectivity index (χ3n) is 2.58. The van der Waals surface area contributed by atoms with E-state index in [1.807, 2.05) is 24.4 Å². The van der Waals surface area contributed by atoms with E-state index in [9.17, 15) is 4.79 Å². The average Bonchev–Trinajstić information content (AvgIpc) is 2.57. The highest BCUT2D eigenvalue weighted by Crippen LogP contribution is 2.19. The minimum atomic E-state index is -0.752. The number of aliphatic carboxylic acids is 1. The highest BCUT2D eigenvalue weighted by molar-refractivity contribution is 5.83. The zero-order chi connectivity index (χ0) is 10.8. The van der Waals surface area contributed by atoms with Gasteiger partial charge in [0.2, 0.25) is 0 Å². The van der Waals surface area contributed by atoms with Crippen LogP contribution in [-0.4, -0.2) is 16.1 Å². The lowest BCUT2D eigenvalue weighted by Crippen LogP contribution is -1.97. The number of H-pyrrole nitrogens is 1. The van der Waals surface area contributed by atoms with E-state index in [4.69, 9.17) is 5.11 Å². The zero-order valence-corrected chi connectivity index (χ0v) is 8.58. The molecular formula is C12H13NO2. The second-order valence-electron chi connectivity index (χ2n) is 3.75. The van der Waals surface area contributed by atoms with Crippen molar-refractivity contribution < 1.29 is 9.90 Å². The van der Waals surface area contributed by atoms with E-state index in [2.05, 4.69) is 11.9 Å². The fourth-order valence-corrected chi connectivity index (χ4v) is 1.73. The van der Waals surface area contributed by atoms with Crippen LogP contribution in [0.5, 0.6) is 0 Å². The summed E-state index contributed by atoms with van der Waals surface area (Å²) in [5.74, 6) is -0.752. The van der Waals surface area contributed by atoms with Crippen LogP contribution in [-0.2, 0) is 11.2 Å². The van der Waals surface area contributed by atoms with Gasteiger partial charge in [-0.3, -0.25) is 4.79 Å². The molecule has 1 heterocycles. The molecular weight excluding hydrogens is 190 g/mol. The molecule has 2 N–H and O–H groups in total. The molecule has 2 aromatic rings. The second-order valence-corrected chi connectivity index (χ2v) is 3.75. The van der Waals surface area contributed by atoms with E-state index in [1.165, 1.54) is 10.9 Å². The lowest BCUT2D eigenvalue weighted by atomic mass is 10.1. The minimum Gasteiger partial charge on any atom is -0.481 e. The summed E-state index contributed by atoms with van der Waals surface area (Å²) in [7, 11) is 0. The number of hydrogen-bond acceptors (Lipinski definition) is 1. The first kappa shape index (κ1) is 9.77. The summed E-state index contributed by atoms with van der Waals surface area (Å²) >= 11 is 0. The maximum Gasteiger partial charge on any atom is 0.303 e. The summed E-state index contributed by atoms with van der Waals surface area (Å²) in [5, 5.41) is 9.79. The number of rotatable bonds is 3. The Morgan fingerprint density at radius 2 is 2.27 bits per heavy atom. The van der Waals surface area contributed by atoms with Gasteiger partial charge in [-0.2, -0.15) is 0 Å². The molecule has 0 aliphatic carbocycles. The Labute approximate surface area is 87.7 Å². The number of hydrogen-bond donors (Lipinski definition) is 2. The molecule has 78 valence electrons. The normalized spacial score (nSPS) is 10.7. The molecule has 1 aromatic carbocycles. The first-order valence-electron chi connectivity index (χ1n) is 4.95. The van der Waals surface area contributed by atoms with Gasteiger partial charge in [-0.25, -0.2) is 0 Å². The Bertz CT molecular complexity index is 499. The van der Waals surface area contributed by atoms with E-state index < -0.39 is 5.97 Å². The molecule has 0 bridgehead atoms. The molecule has 0 spiro atoms. The molecule has 0 radical (unpaired) electrons. The van der Waals surface area contributed by atoms with E-state index in [0.717, 1.165) is 11.1 Å². The molecule has 3 heteroatoms. The number of carboxylic acids is 1. The fourth-order valence-electron chi connectivity index (χ4n) is 1.73. The van der Waals surface area contributed by atoms with Gasteiger partial charge < -0.3 is 10.1 Å². The standard InChI is InChI=1S/C12H13NO2/c1-8-7-13-11-6-9(2-4-10(8)11)3-5-12(14)15/h2,4,6-7,13H,3,5H2,1H3,(H,14,15). The van der Waals surface area contributed by atoms with Crippen molar-refractivity contribution in [3.8, 4) is 0 Å². The van der Waals surface area contributed by atoms with E-state index in [-0.39, 0.29) is 6.42 Å². The van der Waals surface area contributed by atoms with Crippen LogP contribution in [0.1, 0.15) is 17.5 Å². The molecule has 0 unspecified atom stereocenters. The molecule has 0 saturated heterocycles. The number of aryl methyl sites for hydroxylation is 2. The van der Waals surface area contributed by atoms with Gasteiger partial charge in [-0.05, 0) is 30.5 Å². The van der Waals surface area contributed by atoms with Gasteiger partial charge in [-0.1, -0.05) is 12.1 Å². The van der Waals surface area contributed by atoms with Crippen LogP contribution in [0.4, 0.5) is 0 Å². The van der Waals surface area contributed by atoms with Crippen LogP contribution in [0.2, 0.25) is 0 Å². The Morgan fingerprint density at radius 1 is 1.47 bits per heavy atom. The first-order chi connectivity index (χ1) is 7.16. The first-order valence-corrected chi connectivity index (χ1v) is 4.95. The lowest BCUT2D eigenvalue weighted by molar-refractivity contribution is -0.136. The van der Waals surface area contributed by atoms with Gasteiger partial charge in [0.15, 0.2) is 0 Å². The highest BCUT2D eigenvalue weighted by Gasteiger charge is 2.02. The van der Waals surface area contributed by atoms with Crippen molar-refractivity contribution in [2.45, 2.75) is 19.8 Å². The Morgan fingerprint density at radius 3 is 3.00 bits per heavy atom. The molecule has 0 aliphatic heterocycles. The zero-order valence-electron chi connectivity index (χ0n) is 8.58. The molecule has 0 saturated carbocycles. The summed E-state index contributed by atoms with van der Waals surface area (Å²) in [5.41, 5.74) is 3.36. The van der Waals surface area contributed by atoms with Gasteiger partial charge in [0, 0.05) is 23.5 Å². The van der Waals surface area contributed by atoms with Crippen molar-refractivity contribution in [2.75, 3.05) is 0 Å². The van der Waals surface area contributed by atoms with E-state index in [1.54, 1.807) is 0 Å². The number of carboxylic acid groups (broad SMARTS) is 1. The van der Waals surface area contributed by atoms with Crippen LogP contribution in [0.15, 0.2) is 24.4 Å². The predicted molar refractivity (Wildman–Crippen MR) is 59.0 cm³/mol. The maximum absolute atomic E-state index is 10.4. The topological polar surface area (TPSA) is 53.1 Å². The number of aromatic amines is 1. The van der Waals surface area contributed by atoms with Crippen molar-refractivity contribution in [1.82, 2.24) is 4.98 Å². The van der Waals surface area contributed by atoms with Gasteiger partial charge >= 0.3 is 5.97 Å². The number of nitrogens with one attached hydrogen (secondary N) is 1. The van der Waals surface area contributed by atoms with Crippen LogP contribution < -0.4 is 0 Å². The van der Waals surface area contributed by atoms with E-state index >= 15 is 0 Å². The number of benzene rings is 1. The average molecular weight is 203 g/mol. The number of fused-ring (bicyclic) bond motifs is 1. The quantitative estimate of drug-likeness (QED) is 0.805. The van der Waals surface area contributed by atoms with Crippen LogP contribution in [0, 0.1) is 6.92 Å². The van der Waals surface area contributed by atoms with Crippen molar-refractivity contribution in [3.05, 3.63) is 35.5 Å². The Kier molecular flexibility index (Phi) is 2.46. The molecule has 15 heavy (non-hydrogen) atoms. The summed E-state index contributed by atoms with van der Waals surface area (Å²) in [6.07, 6.45) is 2.74. The molecule has 0 atom stereocenters. The van der Waals surface area contributed by atoms with E-state index in [0.29, 0.717) is 6.42 Å². The van der Waals surface area contributed by atoms with Gasteiger partial charge in [0.05, 0.1) is 0 Å². The molecule has 1 aromatic heterocycles. The largest absolute Gasteiger partial charge is 0.481 e. The van der Waals surface area contributed by atoms with Crippen molar-refractivity contribution in [1.29, 1.82) is 0 Å². The molecule has 0 aliphatic rings. The third-order valence-corrected chi connectivity index (χ3v) is 2.58. The molecule has 0 amide bonds. The molecule has 2 rings (SSSR count). The Balaban J connectivity index is 2.27. The van der Waals surface area contributed by atoms with Crippen molar-refractivity contribution in [2.24, 2.45) is 0 Å². The smallest absolute Gasteiger partial charge is 0.303 e. The monoisotopic (exact) mass is 203 g/mol. The summed E-state index contributed by atoms with van der Waals surface area (Å²) in [6, 6.07) is 6.05. The van der Waals surface area contributed by atoms with Crippen molar-refractivity contribution >= 4 is 16.9 Å². The fraction of sp³-hybridized carbons (Fsp3) is 0.250. The maximum atomic E-state index is 10.4. The summed E-state index contributed by atoms with van der Waals surface area (Å²) in [4.78, 5) is 13.6. The Hall–Kier alpha value is -1.77. The highest BCUT2D eigenvalue weighted by atomic mass is 16.4. The van der Waals surface area contributed by atoms with Crippen LogP contribution in [0.25, 0.3) is 10.9 Å².